The number of benzene rings is 1. The first-order valence-electron chi connectivity index (χ1n) is 5.57. The molecule has 2 aromatic rings. The van der Waals surface area contributed by atoms with Crippen LogP contribution in [0.4, 0.5) is 0 Å². The van der Waals surface area contributed by atoms with Crippen molar-refractivity contribution in [2.75, 3.05) is 0 Å². The molecule has 18 heavy (non-hydrogen) atoms. The van der Waals surface area contributed by atoms with E-state index in [2.05, 4.69) is 5.10 Å². The lowest BCUT2D eigenvalue weighted by atomic mass is 10.2. The van der Waals surface area contributed by atoms with E-state index in [0.717, 1.165) is 22.7 Å². The lowest BCUT2D eigenvalue weighted by Crippen LogP contribution is -2.10. The Hall–Kier alpha value is -1.88. The van der Waals surface area contributed by atoms with E-state index >= 15 is 0 Å². The van der Waals surface area contributed by atoms with Crippen LogP contribution in [0, 0.1) is 13.8 Å². The third-order valence-electron chi connectivity index (χ3n) is 2.81. The Kier molecular flexibility index (Phi) is 3.34. The number of aryl methyl sites for hydroxylation is 2. The average molecular weight is 261 g/mol. The molecule has 5 heteroatoms. The second kappa shape index (κ2) is 4.78. The van der Waals surface area contributed by atoms with Crippen LogP contribution in [-0.4, -0.2) is 14.8 Å². The smallest absolute Gasteiger partial charge is 0.171 e. The van der Waals surface area contributed by atoms with Crippen LogP contribution in [0.5, 0.6) is 11.5 Å². The zero-order valence-electron chi connectivity index (χ0n) is 10.6. The lowest BCUT2D eigenvalue weighted by molar-refractivity contribution is 0.473. The number of thiocarbonyl (C=S) groups is 1. The number of para-hydroxylation sites is 1. The van der Waals surface area contributed by atoms with Crippen LogP contribution < -0.4 is 10.5 Å². The standard InChI is InChI=1S/C13H15N3OS/c1-8-12(9(2)16(3)15-8)17-11-7-5-4-6-10(11)13(14)18/h4-7H,1-3H3,(H2,14,18). The molecule has 0 saturated heterocycles. The van der Waals surface area contributed by atoms with Gasteiger partial charge in [0.2, 0.25) is 0 Å². The van der Waals surface area contributed by atoms with Gasteiger partial charge in [0.15, 0.2) is 5.75 Å². The summed E-state index contributed by atoms with van der Waals surface area (Å²) < 4.78 is 7.69. The summed E-state index contributed by atoms with van der Waals surface area (Å²) in [5, 5.41) is 4.31. The quantitative estimate of drug-likeness (QED) is 0.862. The Morgan fingerprint density at radius 3 is 2.56 bits per heavy atom. The molecule has 0 amide bonds. The number of hydrogen-bond donors (Lipinski definition) is 1. The molecule has 0 radical (unpaired) electrons. The monoisotopic (exact) mass is 261 g/mol. The first-order valence-corrected chi connectivity index (χ1v) is 5.98. The summed E-state index contributed by atoms with van der Waals surface area (Å²) >= 11 is 5.01. The van der Waals surface area contributed by atoms with E-state index in [1.165, 1.54) is 0 Å². The molecule has 4 nitrogen and oxygen atoms in total. The van der Waals surface area contributed by atoms with Crippen molar-refractivity contribution in [3.8, 4) is 11.5 Å². The number of hydrogen-bond acceptors (Lipinski definition) is 3. The van der Waals surface area contributed by atoms with Crippen molar-refractivity contribution in [3.05, 3.63) is 41.2 Å². The van der Waals surface area contributed by atoms with E-state index in [0.29, 0.717) is 10.7 Å². The van der Waals surface area contributed by atoms with E-state index in [-0.39, 0.29) is 0 Å². The molecule has 0 spiro atoms. The summed E-state index contributed by atoms with van der Waals surface area (Å²) in [6.07, 6.45) is 0. The first kappa shape index (κ1) is 12.6. The summed E-state index contributed by atoms with van der Waals surface area (Å²) in [5.74, 6) is 1.41. The molecule has 1 aromatic carbocycles. The minimum Gasteiger partial charge on any atom is -0.453 e. The van der Waals surface area contributed by atoms with Gasteiger partial charge in [0.1, 0.15) is 16.4 Å². The van der Waals surface area contributed by atoms with Crippen molar-refractivity contribution in [3.63, 3.8) is 0 Å². The molecule has 1 aromatic heterocycles. The van der Waals surface area contributed by atoms with E-state index in [1.54, 1.807) is 4.68 Å². The normalized spacial score (nSPS) is 10.4. The number of ether oxygens (including phenoxy) is 1. The van der Waals surface area contributed by atoms with Gasteiger partial charge in [-0.2, -0.15) is 5.10 Å². The fourth-order valence-electron chi connectivity index (χ4n) is 1.77. The van der Waals surface area contributed by atoms with Gasteiger partial charge < -0.3 is 10.5 Å². The number of rotatable bonds is 3. The molecule has 0 aliphatic carbocycles. The Morgan fingerprint density at radius 2 is 2.00 bits per heavy atom. The second-order valence-corrected chi connectivity index (χ2v) is 4.53. The molecule has 1 heterocycles. The molecule has 0 bridgehead atoms. The van der Waals surface area contributed by atoms with Crippen molar-refractivity contribution in [2.45, 2.75) is 13.8 Å². The van der Waals surface area contributed by atoms with Gasteiger partial charge in [-0.15, -0.1) is 0 Å². The molecule has 0 aliphatic heterocycles. The summed E-state index contributed by atoms with van der Waals surface area (Å²) in [4.78, 5) is 0.324. The molecule has 0 saturated carbocycles. The largest absolute Gasteiger partial charge is 0.453 e. The molecular weight excluding hydrogens is 246 g/mol. The van der Waals surface area contributed by atoms with Crippen LogP contribution in [0.1, 0.15) is 17.0 Å². The predicted molar refractivity (Wildman–Crippen MR) is 75.1 cm³/mol. The average Bonchev–Trinajstić information content (AvgIpc) is 2.56. The summed E-state index contributed by atoms with van der Waals surface area (Å²) in [5.41, 5.74) is 8.22. The van der Waals surface area contributed by atoms with Crippen LogP contribution in [0.3, 0.4) is 0 Å². The highest BCUT2D eigenvalue weighted by Gasteiger charge is 2.14. The molecule has 94 valence electrons. The van der Waals surface area contributed by atoms with Crippen molar-refractivity contribution in [1.29, 1.82) is 0 Å². The molecular formula is C13H15N3OS. The molecule has 0 aliphatic rings. The fraction of sp³-hybridized carbons (Fsp3) is 0.231. The second-order valence-electron chi connectivity index (χ2n) is 4.09. The van der Waals surface area contributed by atoms with Gasteiger partial charge in [-0.25, -0.2) is 0 Å². The van der Waals surface area contributed by atoms with Crippen molar-refractivity contribution >= 4 is 17.2 Å². The van der Waals surface area contributed by atoms with Gasteiger partial charge in [-0.1, -0.05) is 24.4 Å². The highest BCUT2D eigenvalue weighted by atomic mass is 32.1. The summed E-state index contributed by atoms with van der Waals surface area (Å²) in [7, 11) is 1.88. The van der Waals surface area contributed by atoms with Crippen LogP contribution in [0.25, 0.3) is 0 Å². The zero-order chi connectivity index (χ0) is 13.3. The molecule has 0 fully saturated rings. The SMILES string of the molecule is Cc1nn(C)c(C)c1Oc1ccccc1C(N)=S. The van der Waals surface area contributed by atoms with E-state index in [4.69, 9.17) is 22.7 Å². The molecule has 2 rings (SSSR count). The minimum absolute atomic E-state index is 0.324. The Bertz CT molecular complexity index is 604. The van der Waals surface area contributed by atoms with E-state index in [1.807, 2.05) is 45.2 Å². The highest BCUT2D eigenvalue weighted by molar-refractivity contribution is 7.80. The van der Waals surface area contributed by atoms with Gasteiger partial charge in [0.25, 0.3) is 0 Å². The molecule has 0 unspecified atom stereocenters. The topological polar surface area (TPSA) is 53.1 Å². The minimum atomic E-state index is 0.324. The van der Waals surface area contributed by atoms with Gasteiger partial charge in [-0.05, 0) is 26.0 Å². The lowest BCUT2D eigenvalue weighted by Gasteiger charge is -2.10. The maximum Gasteiger partial charge on any atom is 0.171 e. The zero-order valence-corrected chi connectivity index (χ0v) is 11.4. The highest BCUT2D eigenvalue weighted by Crippen LogP contribution is 2.30. The Balaban J connectivity index is 2.43. The van der Waals surface area contributed by atoms with Crippen LogP contribution in [0.2, 0.25) is 0 Å². The van der Waals surface area contributed by atoms with Crippen LogP contribution in [-0.2, 0) is 7.05 Å². The van der Waals surface area contributed by atoms with Crippen LogP contribution >= 0.6 is 12.2 Å². The Morgan fingerprint density at radius 1 is 1.33 bits per heavy atom. The van der Waals surface area contributed by atoms with Crippen molar-refractivity contribution < 1.29 is 4.74 Å². The van der Waals surface area contributed by atoms with Gasteiger partial charge in [-0.3, -0.25) is 4.68 Å². The van der Waals surface area contributed by atoms with Crippen LogP contribution in [0.15, 0.2) is 24.3 Å². The number of nitrogens with zero attached hydrogens (tertiary/aromatic N) is 2. The third-order valence-corrected chi connectivity index (χ3v) is 3.03. The number of nitrogens with two attached hydrogens (primary N) is 1. The first-order chi connectivity index (χ1) is 8.50. The summed E-state index contributed by atoms with van der Waals surface area (Å²) in [6, 6.07) is 7.46. The predicted octanol–water partition coefficient (Wildman–Crippen LogP) is 2.46. The third kappa shape index (κ3) is 2.22. The Labute approximate surface area is 111 Å². The molecule has 0 atom stereocenters. The maximum atomic E-state index is 5.90. The fourth-order valence-corrected chi connectivity index (χ4v) is 1.94. The number of aromatic nitrogens is 2. The molecule has 2 N–H and O–H groups in total. The van der Waals surface area contributed by atoms with E-state index in [9.17, 15) is 0 Å². The van der Waals surface area contributed by atoms with Crippen molar-refractivity contribution in [1.82, 2.24) is 9.78 Å². The summed E-state index contributed by atoms with van der Waals surface area (Å²) in [6.45, 7) is 3.87. The van der Waals surface area contributed by atoms with Gasteiger partial charge in [0, 0.05) is 7.05 Å². The maximum absolute atomic E-state index is 5.90. The van der Waals surface area contributed by atoms with Gasteiger partial charge in [0.05, 0.1) is 11.3 Å². The van der Waals surface area contributed by atoms with Gasteiger partial charge >= 0.3 is 0 Å². The van der Waals surface area contributed by atoms with Crippen molar-refractivity contribution in [2.24, 2.45) is 12.8 Å². The van der Waals surface area contributed by atoms with E-state index < -0.39 is 0 Å².